The molecular weight excluding hydrogens is 540 g/mol. The summed E-state index contributed by atoms with van der Waals surface area (Å²) >= 11 is 25.5. The minimum absolute atomic E-state index is 0.223. The highest BCUT2D eigenvalue weighted by atomic mass is 127. The summed E-state index contributed by atoms with van der Waals surface area (Å²) in [6.07, 6.45) is -1.03. The van der Waals surface area contributed by atoms with Gasteiger partial charge in [-0.3, -0.25) is 4.79 Å². The second-order valence-corrected chi connectivity index (χ2v) is 9.89. The van der Waals surface area contributed by atoms with Crippen LogP contribution < -0.4 is 16.0 Å². The number of aryl methyl sites for hydroxylation is 2. The van der Waals surface area contributed by atoms with Gasteiger partial charge < -0.3 is 16.0 Å². The van der Waals surface area contributed by atoms with E-state index in [0.29, 0.717) is 5.56 Å². The Morgan fingerprint density at radius 2 is 1.70 bits per heavy atom. The molecule has 3 N–H and O–H groups in total. The first-order chi connectivity index (χ1) is 12.6. The molecule has 0 saturated heterocycles. The SMILES string of the molecule is Cc1ccc(NC(=S)N[C@@H](NC(=O)c2ccc(I)cc2)C(Cl)(Cl)Cl)c(C)c1. The summed E-state index contributed by atoms with van der Waals surface area (Å²) in [5.41, 5.74) is 3.43. The second-order valence-electron chi connectivity index (χ2n) is 5.87. The Kier molecular flexibility index (Phi) is 8.00. The molecule has 0 spiro atoms. The number of carbonyl (C=O) groups excluding carboxylic acids is 1. The second kappa shape index (κ2) is 9.60. The van der Waals surface area contributed by atoms with Crippen LogP contribution in [-0.2, 0) is 0 Å². The summed E-state index contributed by atoms with van der Waals surface area (Å²) in [6, 6.07) is 12.9. The maximum Gasteiger partial charge on any atom is 0.252 e. The van der Waals surface area contributed by atoms with Gasteiger partial charge in [0.1, 0.15) is 6.17 Å². The Labute approximate surface area is 192 Å². The van der Waals surface area contributed by atoms with Crippen molar-refractivity contribution in [2.24, 2.45) is 0 Å². The van der Waals surface area contributed by atoms with Crippen molar-refractivity contribution in [3.05, 3.63) is 62.7 Å². The molecule has 1 atom stereocenters. The predicted molar refractivity (Wildman–Crippen MR) is 126 cm³/mol. The van der Waals surface area contributed by atoms with E-state index >= 15 is 0 Å². The van der Waals surface area contributed by atoms with Crippen molar-refractivity contribution in [2.45, 2.75) is 23.8 Å². The fourth-order valence-electron chi connectivity index (χ4n) is 2.26. The molecule has 0 fully saturated rings. The fourth-order valence-corrected chi connectivity index (χ4v) is 3.17. The maximum atomic E-state index is 12.5. The average Bonchev–Trinajstić information content (AvgIpc) is 2.56. The standard InChI is InChI=1S/C18H17Cl3IN3OS/c1-10-3-8-14(11(2)9-10)23-17(27)25-16(18(19,20)21)24-15(26)12-4-6-13(22)7-5-12/h3-9,16H,1-2H3,(H,24,26)(H2,23,25,27)/t16-/m1/s1. The topological polar surface area (TPSA) is 53.2 Å². The van der Waals surface area contributed by atoms with Crippen LogP contribution in [0.5, 0.6) is 0 Å². The van der Waals surface area contributed by atoms with E-state index in [1.54, 1.807) is 12.1 Å². The lowest BCUT2D eigenvalue weighted by molar-refractivity contribution is 0.0934. The van der Waals surface area contributed by atoms with Gasteiger partial charge in [-0.2, -0.15) is 0 Å². The highest BCUT2D eigenvalue weighted by molar-refractivity contribution is 14.1. The van der Waals surface area contributed by atoms with Gasteiger partial charge in [-0.1, -0.05) is 52.5 Å². The Morgan fingerprint density at radius 1 is 1.07 bits per heavy atom. The molecule has 27 heavy (non-hydrogen) atoms. The van der Waals surface area contributed by atoms with Crippen LogP contribution in [0.15, 0.2) is 42.5 Å². The van der Waals surface area contributed by atoms with E-state index in [-0.39, 0.29) is 11.0 Å². The number of carbonyl (C=O) groups is 1. The van der Waals surface area contributed by atoms with Crippen LogP contribution in [0.1, 0.15) is 21.5 Å². The number of rotatable bonds is 4. The number of benzene rings is 2. The molecule has 144 valence electrons. The van der Waals surface area contributed by atoms with E-state index < -0.39 is 9.96 Å². The highest BCUT2D eigenvalue weighted by Gasteiger charge is 2.34. The van der Waals surface area contributed by atoms with Gasteiger partial charge in [-0.05, 0) is 84.6 Å². The van der Waals surface area contributed by atoms with E-state index in [1.807, 2.05) is 44.2 Å². The van der Waals surface area contributed by atoms with Crippen molar-refractivity contribution in [3.8, 4) is 0 Å². The third-order valence-corrected chi connectivity index (χ3v) is 5.21. The van der Waals surface area contributed by atoms with E-state index in [1.165, 1.54) is 0 Å². The molecule has 4 nitrogen and oxygen atoms in total. The van der Waals surface area contributed by atoms with Gasteiger partial charge in [-0.25, -0.2) is 0 Å². The molecule has 0 aliphatic rings. The molecule has 0 heterocycles. The molecule has 0 aromatic heterocycles. The van der Waals surface area contributed by atoms with Crippen molar-refractivity contribution < 1.29 is 4.79 Å². The zero-order chi connectivity index (χ0) is 20.2. The first-order valence-corrected chi connectivity index (χ1v) is 10.5. The molecule has 2 aromatic rings. The zero-order valence-corrected chi connectivity index (χ0v) is 19.7. The van der Waals surface area contributed by atoms with Gasteiger partial charge in [0, 0.05) is 14.8 Å². The minimum atomic E-state index is -1.81. The van der Waals surface area contributed by atoms with Crippen molar-refractivity contribution in [3.63, 3.8) is 0 Å². The maximum absolute atomic E-state index is 12.5. The quantitative estimate of drug-likeness (QED) is 0.207. The molecule has 2 aromatic carbocycles. The van der Waals surface area contributed by atoms with Gasteiger partial charge in [0.25, 0.3) is 5.91 Å². The van der Waals surface area contributed by atoms with E-state index in [4.69, 9.17) is 47.0 Å². The van der Waals surface area contributed by atoms with Crippen LogP contribution in [-0.4, -0.2) is 21.0 Å². The Hall–Kier alpha value is -0.800. The number of halogens is 4. The smallest absolute Gasteiger partial charge is 0.252 e. The lowest BCUT2D eigenvalue weighted by Gasteiger charge is -2.28. The van der Waals surface area contributed by atoms with Crippen molar-refractivity contribution >= 4 is 86.3 Å². The molecular formula is C18H17Cl3IN3OS. The Morgan fingerprint density at radius 3 is 2.26 bits per heavy atom. The Balaban J connectivity index is 2.08. The van der Waals surface area contributed by atoms with Crippen molar-refractivity contribution in [1.29, 1.82) is 0 Å². The molecule has 1 amide bonds. The van der Waals surface area contributed by atoms with E-state index in [0.717, 1.165) is 20.4 Å². The van der Waals surface area contributed by atoms with E-state index in [9.17, 15) is 4.79 Å². The first kappa shape index (κ1) is 22.5. The van der Waals surface area contributed by atoms with E-state index in [2.05, 4.69) is 38.5 Å². The van der Waals surface area contributed by atoms with Crippen LogP contribution in [0.25, 0.3) is 0 Å². The molecule has 2 rings (SSSR count). The summed E-state index contributed by atoms with van der Waals surface area (Å²) in [4.78, 5) is 12.5. The van der Waals surface area contributed by atoms with Gasteiger partial charge >= 0.3 is 0 Å². The number of amides is 1. The highest BCUT2D eigenvalue weighted by Crippen LogP contribution is 2.29. The third kappa shape index (κ3) is 6.94. The van der Waals surface area contributed by atoms with Crippen LogP contribution in [0.4, 0.5) is 5.69 Å². The van der Waals surface area contributed by atoms with Gasteiger partial charge in [-0.15, -0.1) is 0 Å². The van der Waals surface area contributed by atoms with Crippen LogP contribution >= 0.6 is 69.6 Å². The molecule has 0 aliphatic carbocycles. The number of anilines is 1. The molecule has 0 bridgehead atoms. The molecule has 0 saturated carbocycles. The normalized spacial score (nSPS) is 12.2. The molecule has 0 radical (unpaired) electrons. The number of hydrogen-bond donors (Lipinski definition) is 3. The van der Waals surface area contributed by atoms with Crippen LogP contribution in [0.2, 0.25) is 0 Å². The summed E-state index contributed by atoms with van der Waals surface area (Å²) in [7, 11) is 0. The number of hydrogen-bond acceptors (Lipinski definition) is 2. The average molecular weight is 557 g/mol. The van der Waals surface area contributed by atoms with Crippen LogP contribution in [0.3, 0.4) is 0 Å². The lowest BCUT2D eigenvalue weighted by Crippen LogP contribution is -2.56. The number of nitrogens with one attached hydrogen (secondary N) is 3. The minimum Gasteiger partial charge on any atom is -0.339 e. The molecule has 0 unspecified atom stereocenters. The third-order valence-electron chi connectivity index (χ3n) is 3.61. The van der Waals surface area contributed by atoms with Gasteiger partial charge in [0.05, 0.1) is 0 Å². The van der Waals surface area contributed by atoms with Gasteiger partial charge in [0.15, 0.2) is 5.11 Å². The Bertz CT molecular complexity index is 841. The van der Waals surface area contributed by atoms with Crippen molar-refractivity contribution in [1.82, 2.24) is 10.6 Å². The summed E-state index contributed by atoms with van der Waals surface area (Å²) < 4.78 is -0.800. The van der Waals surface area contributed by atoms with Gasteiger partial charge in [0.2, 0.25) is 3.79 Å². The molecule has 0 aliphatic heterocycles. The first-order valence-electron chi connectivity index (χ1n) is 7.84. The predicted octanol–water partition coefficient (Wildman–Crippen LogP) is 5.32. The zero-order valence-electron chi connectivity index (χ0n) is 14.4. The largest absolute Gasteiger partial charge is 0.339 e. The monoisotopic (exact) mass is 555 g/mol. The number of thiocarbonyl (C=S) groups is 1. The molecule has 9 heteroatoms. The number of alkyl halides is 3. The van der Waals surface area contributed by atoms with Crippen LogP contribution in [0, 0.1) is 17.4 Å². The van der Waals surface area contributed by atoms with Crippen molar-refractivity contribution in [2.75, 3.05) is 5.32 Å². The summed E-state index contributed by atoms with van der Waals surface area (Å²) in [6.45, 7) is 3.97. The fraction of sp³-hybridized carbons (Fsp3) is 0.222. The summed E-state index contributed by atoms with van der Waals surface area (Å²) in [5, 5.41) is 8.78. The summed E-state index contributed by atoms with van der Waals surface area (Å²) in [5.74, 6) is -0.385. The lowest BCUT2D eigenvalue weighted by atomic mass is 10.1.